The maximum absolute atomic E-state index is 13.0. The van der Waals surface area contributed by atoms with Gasteiger partial charge >= 0.3 is 0 Å². The predicted molar refractivity (Wildman–Crippen MR) is 91.8 cm³/mol. The summed E-state index contributed by atoms with van der Waals surface area (Å²) >= 11 is 0. The molecule has 0 bridgehead atoms. The van der Waals surface area contributed by atoms with Gasteiger partial charge in [-0.15, -0.1) is 0 Å². The lowest BCUT2D eigenvalue weighted by Crippen LogP contribution is -2.44. The summed E-state index contributed by atoms with van der Waals surface area (Å²) in [4.78, 5) is 28.9. The molecule has 0 unspecified atom stereocenters. The number of likely N-dealkylation sites (tertiary alicyclic amines) is 2. The van der Waals surface area contributed by atoms with Crippen molar-refractivity contribution in [3.8, 4) is 0 Å². The van der Waals surface area contributed by atoms with Gasteiger partial charge in [0.2, 0.25) is 5.91 Å². The van der Waals surface area contributed by atoms with Crippen LogP contribution in [0.15, 0.2) is 0 Å². The fourth-order valence-corrected chi connectivity index (χ4v) is 4.26. The summed E-state index contributed by atoms with van der Waals surface area (Å²) < 4.78 is 1.89. The van der Waals surface area contributed by atoms with Crippen molar-refractivity contribution < 1.29 is 9.59 Å². The van der Waals surface area contributed by atoms with E-state index in [9.17, 15) is 9.59 Å². The second-order valence-electron chi connectivity index (χ2n) is 7.24. The van der Waals surface area contributed by atoms with Crippen LogP contribution in [0.1, 0.15) is 54.9 Å². The molecular weight excluding hydrogens is 304 g/mol. The van der Waals surface area contributed by atoms with Gasteiger partial charge in [0.25, 0.3) is 5.91 Å². The highest BCUT2D eigenvalue weighted by molar-refractivity contribution is 5.96. The molecule has 6 nitrogen and oxygen atoms in total. The maximum atomic E-state index is 13.0. The van der Waals surface area contributed by atoms with Crippen molar-refractivity contribution in [3.05, 3.63) is 17.0 Å². The molecule has 3 rings (SSSR count). The summed E-state index contributed by atoms with van der Waals surface area (Å²) in [5, 5.41) is 4.46. The lowest BCUT2D eigenvalue weighted by molar-refractivity contribution is -0.127. The average Bonchev–Trinajstić information content (AvgIpc) is 3.03. The molecule has 3 heterocycles. The second-order valence-corrected chi connectivity index (χ2v) is 7.24. The van der Waals surface area contributed by atoms with Crippen molar-refractivity contribution in [3.63, 3.8) is 0 Å². The number of nitrogens with zero attached hydrogens (tertiary/aromatic N) is 4. The van der Waals surface area contributed by atoms with Crippen LogP contribution in [0.3, 0.4) is 0 Å². The molecule has 0 saturated carbocycles. The monoisotopic (exact) mass is 332 g/mol. The van der Waals surface area contributed by atoms with Gasteiger partial charge in [-0.05, 0) is 40.5 Å². The van der Waals surface area contributed by atoms with Gasteiger partial charge in [0.05, 0.1) is 11.3 Å². The second kappa shape index (κ2) is 6.22. The van der Waals surface area contributed by atoms with Gasteiger partial charge in [-0.1, -0.05) is 0 Å². The van der Waals surface area contributed by atoms with E-state index >= 15 is 0 Å². The number of aryl methyl sites for hydroxylation is 2. The first-order chi connectivity index (χ1) is 11.4. The SMILES string of the molecule is CCN1CC2(CCN(C(=O)c3c(C)nn(CC)c3C)CC2)CC1=O. The molecule has 1 aromatic rings. The van der Waals surface area contributed by atoms with Crippen LogP contribution in [0.4, 0.5) is 0 Å². The van der Waals surface area contributed by atoms with Gasteiger partial charge in [-0.2, -0.15) is 5.10 Å². The summed E-state index contributed by atoms with van der Waals surface area (Å²) in [6.45, 7) is 11.8. The Hall–Kier alpha value is -1.85. The fraction of sp³-hybridized carbons (Fsp3) is 0.722. The van der Waals surface area contributed by atoms with Gasteiger partial charge < -0.3 is 9.80 Å². The molecule has 132 valence electrons. The quantitative estimate of drug-likeness (QED) is 0.850. The van der Waals surface area contributed by atoms with Crippen LogP contribution in [0.2, 0.25) is 0 Å². The van der Waals surface area contributed by atoms with Crippen LogP contribution >= 0.6 is 0 Å². The molecule has 1 spiro atoms. The third kappa shape index (κ3) is 2.72. The summed E-state index contributed by atoms with van der Waals surface area (Å²) in [6.07, 6.45) is 2.48. The smallest absolute Gasteiger partial charge is 0.257 e. The van der Waals surface area contributed by atoms with Crippen LogP contribution in [-0.4, -0.2) is 57.6 Å². The zero-order valence-electron chi connectivity index (χ0n) is 15.3. The van der Waals surface area contributed by atoms with Gasteiger partial charge in [0, 0.05) is 50.3 Å². The number of aromatic nitrogens is 2. The number of rotatable bonds is 3. The Morgan fingerprint density at radius 3 is 2.33 bits per heavy atom. The molecule has 24 heavy (non-hydrogen) atoms. The van der Waals surface area contributed by atoms with Crippen molar-refractivity contribution in [2.24, 2.45) is 5.41 Å². The molecular formula is C18H28N4O2. The summed E-state index contributed by atoms with van der Waals surface area (Å²) in [7, 11) is 0. The zero-order chi connectivity index (χ0) is 17.5. The standard InChI is InChI=1S/C18H28N4O2/c1-5-20-12-18(11-15(20)23)7-9-21(10-8-18)17(24)16-13(3)19-22(6-2)14(16)4/h5-12H2,1-4H3. The number of hydrogen-bond acceptors (Lipinski definition) is 3. The molecule has 1 aromatic heterocycles. The van der Waals surface area contributed by atoms with Crippen molar-refractivity contribution in [1.29, 1.82) is 0 Å². The van der Waals surface area contributed by atoms with Crippen LogP contribution in [0, 0.1) is 19.3 Å². The third-order valence-corrected chi connectivity index (χ3v) is 5.79. The molecule has 2 amide bonds. The summed E-state index contributed by atoms with van der Waals surface area (Å²) in [5.74, 6) is 0.365. The van der Waals surface area contributed by atoms with E-state index in [4.69, 9.17) is 0 Å². The van der Waals surface area contributed by atoms with Crippen molar-refractivity contribution in [1.82, 2.24) is 19.6 Å². The number of carbonyl (C=O) groups excluding carboxylic acids is 2. The normalized spacial score (nSPS) is 20.2. The number of hydrogen-bond donors (Lipinski definition) is 0. The lowest BCUT2D eigenvalue weighted by atomic mass is 9.77. The highest BCUT2D eigenvalue weighted by Crippen LogP contribution is 2.41. The lowest BCUT2D eigenvalue weighted by Gasteiger charge is -2.38. The Bertz CT molecular complexity index is 656. The molecule has 2 aliphatic rings. The topological polar surface area (TPSA) is 58.4 Å². The minimum Gasteiger partial charge on any atom is -0.342 e. The molecule has 0 aliphatic carbocycles. The Morgan fingerprint density at radius 2 is 1.83 bits per heavy atom. The van der Waals surface area contributed by atoms with Crippen LogP contribution in [0.25, 0.3) is 0 Å². The Kier molecular flexibility index (Phi) is 4.40. The van der Waals surface area contributed by atoms with Crippen LogP contribution in [0.5, 0.6) is 0 Å². The average molecular weight is 332 g/mol. The molecule has 0 N–H and O–H groups in total. The maximum Gasteiger partial charge on any atom is 0.257 e. The van der Waals surface area contributed by atoms with Crippen molar-refractivity contribution in [2.45, 2.75) is 53.5 Å². The number of carbonyl (C=O) groups is 2. The Balaban J connectivity index is 1.70. The predicted octanol–water partition coefficient (Wildman–Crippen LogP) is 1.99. The zero-order valence-corrected chi connectivity index (χ0v) is 15.3. The van der Waals surface area contributed by atoms with Gasteiger partial charge in [0.1, 0.15) is 0 Å². The van der Waals surface area contributed by atoms with E-state index in [-0.39, 0.29) is 17.2 Å². The van der Waals surface area contributed by atoms with Crippen molar-refractivity contribution in [2.75, 3.05) is 26.2 Å². The van der Waals surface area contributed by atoms with Gasteiger partial charge in [0.15, 0.2) is 0 Å². The third-order valence-electron chi connectivity index (χ3n) is 5.79. The molecule has 0 aromatic carbocycles. The first kappa shape index (κ1) is 17.0. The molecule has 2 fully saturated rings. The largest absolute Gasteiger partial charge is 0.342 e. The highest BCUT2D eigenvalue weighted by Gasteiger charge is 2.45. The van der Waals surface area contributed by atoms with Crippen LogP contribution in [-0.2, 0) is 11.3 Å². The molecule has 2 saturated heterocycles. The Labute approximate surface area is 143 Å². The van der Waals surface area contributed by atoms with E-state index in [1.807, 2.05) is 42.2 Å². The van der Waals surface area contributed by atoms with E-state index in [0.717, 1.165) is 62.5 Å². The minimum absolute atomic E-state index is 0.0849. The number of amides is 2. The Morgan fingerprint density at radius 1 is 1.17 bits per heavy atom. The molecule has 0 radical (unpaired) electrons. The first-order valence-electron chi connectivity index (χ1n) is 9.02. The van der Waals surface area contributed by atoms with E-state index < -0.39 is 0 Å². The first-order valence-corrected chi connectivity index (χ1v) is 9.02. The van der Waals surface area contributed by atoms with Crippen molar-refractivity contribution >= 4 is 11.8 Å². The van der Waals surface area contributed by atoms with E-state index in [2.05, 4.69) is 5.10 Å². The fourth-order valence-electron chi connectivity index (χ4n) is 4.26. The van der Waals surface area contributed by atoms with Gasteiger partial charge in [-0.25, -0.2) is 0 Å². The van der Waals surface area contributed by atoms with Crippen LogP contribution < -0.4 is 0 Å². The molecule has 6 heteroatoms. The van der Waals surface area contributed by atoms with E-state index in [1.165, 1.54) is 0 Å². The molecule has 0 atom stereocenters. The van der Waals surface area contributed by atoms with Gasteiger partial charge in [-0.3, -0.25) is 14.3 Å². The molecule has 2 aliphatic heterocycles. The minimum atomic E-state index is 0.0849. The summed E-state index contributed by atoms with van der Waals surface area (Å²) in [6, 6.07) is 0. The van der Waals surface area contributed by atoms with E-state index in [0.29, 0.717) is 6.42 Å². The highest BCUT2D eigenvalue weighted by atomic mass is 16.2. The number of piperidine rings is 1. The van der Waals surface area contributed by atoms with E-state index in [1.54, 1.807) is 0 Å². The summed E-state index contributed by atoms with van der Waals surface area (Å²) in [5.41, 5.74) is 2.61.